The second kappa shape index (κ2) is 4.03. The highest BCUT2D eigenvalue weighted by molar-refractivity contribution is 14.1. The number of hydrogen-bond acceptors (Lipinski definition) is 2. The van der Waals surface area contributed by atoms with E-state index in [2.05, 4.69) is 0 Å². The molecule has 1 aliphatic carbocycles. The third-order valence-electron chi connectivity index (χ3n) is 3.22. The third-order valence-corrected chi connectivity index (χ3v) is 4.10. The van der Waals surface area contributed by atoms with E-state index in [1.54, 1.807) is 4.90 Å². The van der Waals surface area contributed by atoms with Crippen LogP contribution >= 0.6 is 22.6 Å². The lowest BCUT2D eigenvalue weighted by Crippen LogP contribution is -2.64. The molecule has 0 unspecified atom stereocenters. The van der Waals surface area contributed by atoms with Gasteiger partial charge in [0.1, 0.15) is 5.60 Å². The topological polar surface area (TPSA) is 29.5 Å². The number of ether oxygens (including phenoxy) is 1. The largest absolute Gasteiger partial charge is 0.444 e. The normalized spacial score (nSPS) is 26.6. The average molecular weight is 339 g/mol. The van der Waals surface area contributed by atoms with Crippen molar-refractivity contribution in [3.8, 4) is 0 Å². The second-order valence-electron chi connectivity index (χ2n) is 6.05. The van der Waals surface area contributed by atoms with Crippen molar-refractivity contribution in [2.24, 2.45) is 11.3 Å². The van der Waals surface area contributed by atoms with Crippen molar-refractivity contribution in [2.45, 2.75) is 39.2 Å². The molecule has 16 heavy (non-hydrogen) atoms. The summed E-state index contributed by atoms with van der Waals surface area (Å²) in [6.07, 6.45) is 1.54. The highest BCUT2D eigenvalue weighted by Gasteiger charge is 2.53. The number of carbonyl (C=O) groups is 1. The van der Waals surface area contributed by atoms with E-state index in [1.165, 1.54) is 0 Å². The van der Waals surface area contributed by atoms with Gasteiger partial charge < -0.3 is 9.64 Å². The van der Waals surface area contributed by atoms with Crippen molar-refractivity contribution in [1.82, 2.24) is 4.90 Å². The lowest BCUT2D eigenvalue weighted by atomic mass is 9.58. The van der Waals surface area contributed by atoms with Crippen LogP contribution in [0.3, 0.4) is 0 Å². The summed E-state index contributed by atoms with van der Waals surface area (Å²) >= 11 is 1.88. The predicted molar refractivity (Wildman–Crippen MR) is 71.9 cm³/mol. The van der Waals surface area contributed by atoms with E-state index >= 15 is 0 Å². The molecular formula is C12H20INO2. The maximum Gasteiger partial charge on any atom is 0.410 e. The van der Waals surface area contributed by atoms with E-state index in [1.807, 2.05) is 43.4 Å². The van der Waals surface area contributed by atoms with Crippen molar-refractivity contribution in [3.63, 3.8) is 0 Å². The Hall–Kier alpha value is 0. The number of rotatable bonds is 1. The van der Waals surface area contributed by atoms with Gasteiger partial charge in [-0.05, 0) is 39.5 Å². The van der Waals surface area contributed by atoms with E-state index in [9.17, 15) is 4.79 Å². The van der Waals surface area contributed by atoms with Crippen LogP contribution < -0.4 is 0 Å². The van der Waals surface area contributed by atoms with E-state index in [-0.39, 0.29) is 17.4 Å². The average Bonchev–Trinajstić information content (AvgIpc) is 1.90. The first-order valence-corrected chi connectivity index (χ1v) is 6.76. The van der Waals surface area contributed by atoms with Gasteiger partial charge in [0, 0.05) is 25.6 Å². The van der Waals surface area contributed by atoms with Gasteiger partial charge in [0.2, 0.25) is 0 Å². The molecule has 0 aromatic carbocycles. The summed E-state index contributed by atoms with van der Waals surface area (Å²) in [4.78, 5) is 13.5. The zero-order valence-electron chi connectivity index (χ0n) is 12.0. The molecule has 1 spiro atoms. The molecule has 2 aliphatic rings. The lowest BCUT2D eigenvalue weighted by Gasteiger charge is -2.58. The first-order valence-electron chi connectivity index (χ1n) is 6.68. The minimum atomic E-state index is -1.12. The summed E-state index contributed by atoms with van der Waals surface area (Å²) in [6, 6.07) is 0. The third kappa shape index (κ3) is 2.46. The van der Waals surface area contributed by atoms with Crippen LogP contribution in [0.25, 0.3) is 0 Å². The Morgan fingerprint density at radius 1 is 1.56 bits per heavy atom. The summed E-state index contributed by atoms with van der Waals surface area (Å²) in [5, 5.41) is 0. The number of nitrogens with zero attached hydrogens (tertiary/aromatic N) is 1. The second-order valence-corrected chi connectivity index (χ2v) is 6.67. The highest BCUT2D eigenvalue weighted by Crippen LogP contribution is 2.52. The summed E-state index contributed by atoms with van der Waals surface area (Å²) in [5.41, 5.74) is -0.262. The highest BCUT2D eigenvalue weighted by atomic mass is 127. The van der Waals surface area contributed by atoms with Gasteiger partial charge in [0.25, 0.3) is 0 Å². The monoisotopic (exact) mass is 339 g/mol. The Balaban J connectivity index is 1.77. The Morgan fingerprint density at radius 3 is 2.56 bits per heavy atom. The smallest absolute Gasteiger partial charge is 0.410 e. The van der Waals surface area contributed by atoms with Crippen LogP contribution in [0.15, 0.2) is 0 Å². The summed E-state index contributed by atoms with van der Waals surface area (Å²) in [5.74, 6) is 0.138. The van der Waals surface area contributed by atoms with E-state index in [4.69, 9.17) is 7.48 Å². The van der Waals surface area contributed by atoms with E-state index in [0.29, 0.717) is 0 Å². The number of hydrogen-bond donors (Lipinski definition) is 0. The molecule has 1 amide bonds. The van der Waals surface area contributed by atoms with Gasteiger partial charge in [0.15, 0.2) is 0 Å². The predicted octanol–water partition coefficient (Wildman–Crippen LogP) is 3.07. The minimum absolute atomic E-state index is 0.138. The number of likely N-dealkylation sites (tertiary alicyclic amines) is 1. The van der Waals surface area contributed by atoms with Crippen LogP contribution in [0.5, 0.6) is 0 Å². The standard InChI is InChI=1S/C12H20INO2/c1-11(2,3)16-10(15)14-7-12(8-14)4-9(5-12)6-13/h9H,4-8H2,1-3H3/i6D2. The molecule has 4 heteroatoms. The van der Waals surface area contributed by atoms with Gasteiger partial charge >= 0.3 is 6.09 Å². The van der Waals surface area contributed by atoms with Gasteiger partial charge in [0.05, 0.1) is 0 Å². The number of halogens is 1. The zero-order valence-corrected chi connectivity index (χ0v) is 12.2. The maximum absolute atomic E-state index is 11.8. The van der Waals surface area contributed by atoms with Crippen molar-refractivity contribution in [1.29, 1.82) is 0 Å². The fourth-order valence-electron chi connectivity index (χ4n) is 2.54. The van der Waals surface area contributed by atoms with Crippen molar-refractivity contribution in [2.75, 3.05) is 17.5 Å². The first kappa shape index (κ1) is 9.97. The molecule has 0 aromatic heterocycles. The molecule has 1 aliphatic heterocycles. The van der Waals surface area contributed by atoms with Crippen molar-refractivity contribution < 1.29 is 12.3 Å². The Morgan fingerprint density at radius 2 is 2.12 bits per heavy atom. The van der Waals surface area contributed by atoms with Crippen molar-refractivity contribution >= 4 is 28.7 Å². The fourth-order valence-corrected chi connectivity index (χ4v) is 2.98. The van der Waals surface area contributed by atoms with Crippen LogP contribution in [0, 0.1) is 11.3 Å². The van der Waals surface area contributed by atoms with Crippen LogP contribution in [0.4, 0.5) is 4.79 Å². The lowest BCUT2D eigenvalue weighted by molar-refractivity contribution is -0.0893. The van der Waals surface area contributed by atoms with Crippen LogP contribution in [0.1, 0.15) is 36.4 Å². The zero-order chi connectivity index (χ0) is 13.8. The molecule has 0 radical (unpaired) electrons. The Kier molecular flexibility index (Phi) is 2.51. The molecular weight excluding hydrogens is 317 g/mol. The van der Waals surface area contributed by atoms with Gasteiger partial charge in [-0.15, -0.1) is 0 Å². The number of amides is 1. The van der Waals surface area contributed by atoms with Crippen molar-refractivity contribution in [3.05, 3.63) is 0 Å². The minimum Gasteiger partial charge on any atom is -0.444 e. The van der Waals surface area contributed by atoms with Crippen LogP contribution in [-0.2, 0) is 4.74 Å². The Labute approximate surface area is 114 Å². The van der Waals surface area contributed by atoms with Gasteiger partial charge in [-0.25, -0.2) is 4.79 Å². The molecule has 1 heterocycles. The molecule has 0 aromatic rings. The first-order chi connectivity index (χ1) is 8.01. The van der Waals surface area contributed by atoms with Gasteiger partial charge in [-0.1, -0.05) is 22.6 Å². The van der Waals surface area contributed by atoms with Gasteiger partial charge in [-0.2, -0.15) is 0 Å². The molecule has 0 atom stereocenters. The molecule has 0 N–H and O–H groups in total. The number of alkyl halides is 1. The summed E-state index contributed by atoms with van der Waals surface area (Å²) in [6.45, 7) is 7.05. The van der Waals surface area contributed by atoms with E-state index in [0.717, 1.165) is 25.9 Å². The fraction of sp³-hybridized carbons (Fsp3) is 0.917. The molecule has 2 rings (SSSR count). The molecule has 92 valence electrons. The molecule has 2 fully saturated rings. The molecule has 3 nitrogen and oxygen atoms in total. The van der Waals surface area contributed by atoms with Crippen LogP contribution in [-0.4, -0.2) is 34.1 Å². The van der Waals surface area contributed by atoms with Gasteiger partial charge in [-0.3, -0.25) is 0 Å². The SMILES string of the molecule is [2H]C([2H])(I)C1CC2(C1)CN(C(=O)OC(C)(C)C)C2. The number of carbonyl (C=O) groups excluding carboxylic acids is 1. The Bertz CT molecular complexity index is 348. The summed E-state index contributed by atoms with van der Waals surface area (Å²) < 4.78 is 19.5. The molecule has 0 bridgehead atoms. The maximum atomic E-state index is 11.8. The van der Waals surface area contributed by atoms with Crippen LogP contribution in [0.2, 0.25) is 0 Å². The molecule has 1 saturated heterocycles. The quantitative estimate of drug-likeness (QED) is 0.543. The van der Waals surface area contributed by atoms with E-state index < -0.39 is 9.98 Å². The summed E-state index contributed by atoms with van der Waals surface area (Å²) in [7, 11) is 0. The molecule has 1 saturated carbocycles.